The molecule has 24 heavy (non-hydrogen) atoms. The van der Waals surface area contributed by atoms with Crippen LogP contribution < -0.4 is 5.32 Å². The number of sulfonamides is 1. The predicted octanol–water partition coefficient (Wildman–Crippen LogP) is 0.00750. The molecule has 1 unspecified atom stereocenters. The fraction of sp³-hybridized carbons (Fsp3) is 0.786. The highest BCUT2D eigenvalue weighted by molar-refractivity contribution is 7.89. The van der Waals surface area contributed by atoms with E-state index in [1.54, 1.807) is 13.9 Å². The van der Waals surface area contributed by atoms with E-state index in [1.165, 1.54) is 6.33 Å². The Bertz CT molecular complexity index is 688. The summed E-state index contributed by atoms with van der Waals surface area (Å²) in [7, 11) is -3.14. The second-order valence-corrected chi connectivity index (χ2v) is 8.21. The third-order valence-electron chi connectivity index (χ3n) is 4.62. The highest BCUT2D eigenvalue weighted by Crippen LogP contribution is 2.23. The number of aromatic nitrogens is 3. The monoisotopic (exact) mass is 356 g/mol. The average molecular weight is 356 g/mol. The Morgan fingerprint density at radius 1 is 1.38 bits per heavy atom. The fourth-order valence-corrected chi connectivity index (χ4v) is 5.16. The zero-order valence-corrected chi connectivity index (χ0v) is 14.7. The molecule has 0 bridgehead atoms. The van der Waals surface area contributed by atoms with Gasteiger partial charge in [0, 0.05) is 32.2 Å². The van der Waals surface area contributed by atoms with E-state index in [0.29, 0.717) is 45.0 Å². The van der Waals surface area contributed by atoms with Crippen molar-refractivity contribution in [2.75, 3.05) is 25.4 Å². The number of rotatable bonds is 4. The van der Waals surface area contributed by atoms with Gasteiger partial charge in [-0.3, -0.25) is 0 Å². The van der Waals surface area contributed by atoms with Gasteiger partial charge in [-0.15, -0.1) is 0 Å². The number of likely N-dealkylation sites (tertiary alicyclic amines) is 1. The largest absolute Gasteiger partial charge is 0.331 e. The van der Waals surface area contributed by atoms with E-state index in [-0.39, 0.29) is 17.8 Å². The van der Waals surface area contributed by atoms with Crippen LogP contribution in [0.25, 0.3) is 0 Å². The minimum Gasteiger partial charge on any atom is -0.331 e. The van der Waals surface area contributed by atoms with Gasteiger partial charge in [0.05, 0.1) is 12.3 Å². The third-order valence-corrected chi connectivity index (χ3v) is 6.62. The normalized spacial score (nSPS) is 24.2. The summed E-state index contributed by atoms with van der Waals surface area (Å²) in [6, 6.07) is -0.279. The number of aryl methyl sites for hydroxylation is 1. The van der Waals surface area contributed by atoms with Crippen molar-refractivity contribution in [1.29, 1.82) is 0 Å². The van der Waals surface area contributed by atoms with Crippen molar-refractivity contribution in [3.63, 3.8) is 0 Å². The molecule has 0 radical (unpaired) electrons. The Balaban J connectivity index is 1.57. The Labute approximate surface area is 142 Å². The standard InChI is InChI=1S/C14H24N6O3S/c1-2-19-13(16-11-17-19)9-15-14(21)18-6-3-5-12(10-18)20-7-4-8-24(20,22)23/h11-12H,2-10H2,1H3,(H,15,21). The maximum Gasteiger partial charge on any atom is 0.317 e. The molecule has 1 aromatic rings. The van der Waals surface area contributed by atoms with Gasteiger partial charge in [0.25, 0.3) is 0 Å². The summed E-state index contributed by atoms with van der Waals surface area (Å²) in [6.45, 7) is 4.65. The average Bonchev–Trinajstić information content (AvgIpc) is 3.17. The first-order valence-electron chi connectivity index (χ1n) is 8.40. The van der Waals surface area contributed by atoms with Crippen LogP contribution in [0.2, 0.25) is 0 Å². The Morgan fingerprint density at radius 3 is 2.92 bits per heavy atom. The van der Waals surface area contributed by atoms with E-state index < -0.39 is 10.0 Å². The maximum atomic E-state index is 12.4. The van der Waals surface area contributed by atoms with Crippen LogP contribution in [0, 0.1) is 0 Å². The molecule has 2 saturated heterocycles. The van der Waals surface area contributed by atoms with E-state index in [0.717, 1.165) is 12.8 Å². The number of amides is 2. The topological polar surface area (TPSA) is 100 Å². The number of carbonyl (C=O) groups is 1. The third kappa shape index (κ3) is 3.54. The molecule has 1 aromatic heterocycles. The first kappa shape index (κ1) is 17.2. The minimum atomic E-state index is -3.14. The van der Waals surface area contributed by atoms with Crippen LogP contribution in [-0.2, 0) is 23.1 Å². The molecule has 1 atom stereocenters. The number of carbonyl (C=O) groups excluding carboxylic acids is 1. The van der Waals surface area contributed by atoms with Gasteiger partial charge < -0.3 is 10.2 Å². The van der Waals surface area contributed by atoms with E-state index in [2.05, 4.69) is 15.4 Å². The number of hydrogen-bond donors (Lipinski definition) is 1. The fourth-order valence-electron chi connectivity index (χ4n) is 3.40. The quantitative estimate of drug-likeness (QED) is 0.819. The number of nitrogens with zero attached hydrogens (tertiary/aromatic N) is 5. The Hall–Kier alpha value is -1.68. The molecule has 1 N–H and O–H groups in total. The summed E-state index contributed by atoms with van der Waals surface area (Å²) >= 11 is 0. The van der Waals surface area contributed by atoms with Gasteiger partial charge in [-0.2, -0.15) is 9.40 Å². The summed E-state index contributed by atoms with van der Waals surface area (Å²) < 4.78 is 27.5. The van der Waals surface area contributed by atoms with Crippen LogP contribution >= 0.6 is 0 Å². The summed E-state index contributed by atoms with van der Waals surface area (Å²) in [5.74, 6) is 0.934. The number of urea groups is 1. The van der Waals surface area contributed by atoms with Crippen LogP contribution in [0.5, 0.6) is 0 Å². The van der Waals surface area contributed by atoms with Crippen LogP contribution in [0.1, 0.15) is 32.0 Å². The van der Waals surface area contributed by atoms with Crippen LogP contribution in [-0.4, -0.2) is 69.8 Å². The molecular formula is C14H24N6O3S. The molecule has 10 heteroatoms. The van der Waals surface area contributed by atoms with Crippen molar-refractivity contribution >= 4 is 16.1 Å². The Kier molecular flexibility index (Phi) is 5.04. The molecule has 2 amide bonds. The molecule has 134 valence electrons. The van der Waals surface area contributed by atoms with Gasteiger partial charge in [0.15, 0.2) is 0 Å². The van der Waals surface area contributed by atoms with Crippen LogP contribution in [0.3, 0.4) is 0 Å². The summed E-state index contributed by atoms with van der Waals surface area (Å²) in [5.41, 5.74) is 0. The molecule has 0 saturated carbocycles. The summed E-state index contributed by atoms with van der Waals surface area (Å²) in [6.07, 6.45) is 3.78. The zero-order valence-electron chi connectivity index (χ0n) is 13.9. The summed E-state index contributed by atoms with van der Waals surface area (Å²) in [5, 5.41) is 6.93. The van der Waals surface area contributed by atoms with Crippen molar-refractivity contribution in [3.05, 3.63) is 12.2 Å². The maximum absolute atomic E-state index is 12.4. The highest BCUT2D eigenvalue weighted by Gasteiger charge is 2.37. The highest BCUT2D eigenvalue weighted by atomic mass is 32.2. The van der Waals surface area contributed by atoms with Gasteiger partial charge in [0.1, 0.15) is 12.2 Å². The lowest BCUT2D eigenvalue weighted by Gasteiger charge is -2.36. The lowest BCUT2D eigenvalue weighted by atomic mass is 10.1. The molecule has 9 nitrogen and oxygen atoms in total. The molecule has 2 fully saturated rings. The molecule has 0 spiro atoms. The number of nitrogens with one attached hydrogen (secondary N) is 1. The molecular weight excluding hydrogens is 332 g/mol. The van der Waals surface area contributed by atoms with Gasteiger partial charge in [0.2, 0.25) is 10.0 Å². The second-order valence-electron chi connectivity index (χ2n) is 6.17. The lowest BCUT2D eigenvalue weighted by Crippen LogP contribution is -2.52. The molecule has 0 aliphatic carbocycles. The van der Waals surface area contributed by atoms with E-state index in [4.69, 9.17) is 0 Å². The molecule has 3 rings (SSSR count). The SMILES string of the molecule is CCn1ncnc1CNC(=O)N1CCCC(N2CCCS2(=O)=O)C1. The molecule has 0 aromatic carbocycles. The minimum absolute atomic E-state index is 0.101. The van der Waals surface area contributed by atoms with E-state index in [1.807, 2.05) is 6.92 Å². The zero-order chi connectivity index (χ0) is 17.2. The van der Waals surface area contributed by atoms with Crippen molar-refractivity contribution in [2.45, 2.75) is 45.3 Å². The molecule has 2 aliphatic rings. The lowest BCUT2D eigenvalue weighted by molar-refractivity contribution is 0.152. The van der Waals surface area contributed by atoms with Crippen LogP contribution in [0.4, 0.5) is 4.79 Å². The second kappa shape index (κ2) is 7.06. The molecule has 3 heterocycles. The predicted molar refractivity (Wildman–Crippen MR) is 87.6 cm³/mol. The van der Waals surface area contributed by atoms with Gasteiger partial charge in [-0.25, -0.2) is 22.9 Å². The number of hydrogen-bond acceptors (Lipinski definition) is 5. The Morgan fingerprint density at radius 2 is 2.21 bits per heavy atom. The van der Waals surface area contributed by atoms with E-state index >= 15 is 0 Å². The first-order chi connectivity index (χ1) is 11.5. The molecule has 2 aliphatic heterocycles. The van der Waals surface area contributed by atoms with E-state index in [9.17, 15) is 13.2 Å². The summed E-state index contributed by atoms with van der Waals surface area (Å²) in [4.78, 5) is 18.2. The smallest absolute Gasteiger partial charge is 0.317 e. The van der Waals surface area contributed by atoms with Crippen molar-refractivity contribution < 1.29 is 13.2 Å². The number of piperidine rings is 1. The van der Waals surface area contributed by atoms with Gasteiger partial charge >= 0.3 is 6.03 Å². The van der Waals surface area contributed by atoms with Crippen LogP contribution in [0.15, 0.2) is 6.33 Å². The first-order valence-corrected chi connectivity index (χ1v) is 10.0. The van der Waals surface area contributed by atoms with Gasteiger partial charge in [-0.05, 0) is 26.2 Å². The van der Waals surface area contributed by atoms with Crippen molar-refractivity contribution in [3.8, 4) is 0 Å². The van der Waals surface area contributed by atoms with Gasteiger partial charge in [-0.1, -0.05) is 0 Å². The van der Waals surface area contributed by atoms with Crippen molar-refractivity contribution in [2.24, 2.45) is 0 Å². The van der Waals surface area contributed by atoms with Crippen molar-refractivity contribution in [1.82, 2.24) is 29.3 Å².